The van der Waals surface area contributed by atoms with E-state index >= 15 is 0 Å². The Balaban J connectivity index is 5.37. The number of hydrogen-bond acceptors (Lipinski definition) is 1. The third-order valence-electron chi connectivity index (χ3n) is 5.96. The van der Waals surface area contributed by atoms with Crippen molar-refractivity contribution in [3.8, 4) is 0 Å². The SMILES string of the molecule is CCCC[Si](C)(C)C(CC)(CC)O[Si](C)(C)C(CC)CC. The third kappa shape index (κ3) is 5.21. The van der Waals surface area contributed by atoms with Crippen molar-refractivity contribution in [2.45, 2.75) is 116 Å². The highest BCUT2D eigenvalue weighted by atomic mass is 28.4. The fourth-order valence-electron chi connectivity index (χ4n) is 4.19. The maximum absolute atomic E-state index is 7.13. The Morgan fingerprint density at radius 1 is 0.857 bits per heavy atom. The van der Waals surface area contributed by atoms with Crippen molar-refractivity contribution in [2.24, 2.45) is 0 Å². The Bertz CT molecular complexity index is 279. The normalized spacial score (nSPS) is 14.0. The molecule has 0 aromatic heterocycles. The summed E-state index contributed by atoms with van der Waals surface area (Å²) in [6.07, 6.45) is 7.63. The quantitative estimate of drug-likeness (QED) is 0.370. The molecule has 0 atom stereocenters. The molecule has 0 rings (SSSR count). The van der Waals surface area contributed by atoms with E-state index in [2.05, 4.69) is 60.8 Å². The van der Waals surface area contributed by atoms with E-state index in [1.807, 2.05) is 0 Å². The molecule has 0 N–H and O–H groups in total. The molecular weight excluding hydrogens is 288 g/mol. The van der Waals surface area contributed by atoms with Crippen molar-refractivity contribution in [1.29, 1.82) is 0 Å². The van der Waals surface area contributed by atoms with Crippen LogP contribution in [0.4, 0.5) is 0 Å². The van der Waals surface area contributed by atoms with Crippen molar-refractivity contribution in [1.82, 2.24) is 0 Å². The number of unbranched alkanes of at least 4 members (excludes halogenated alkanes) is 1. The van der Waals surface area contributed by atoms with E-state index in [0.717, 1.165) is 5.54 Å². The summed E-state index contributed by atoms with van der Waals surface area (Å²) >= 11 is 0. The number of rotatable bonds is 11. The summed E-state index contributed by atoms with van der Waals surface area (Å²) in [5.41, 5.74) is 0.797. The fraction of sp³-hybridized carbons (Fsp3) is 1.00. The average molecular weight is 331 g/mol. The molecule has 0 amide bonds. The Hall–Kier alpha value is 0.394. The van der Waals surface area contributed by atoms with Gasteiger partial charge in [-0.25, -0.2) is 0 Å². The van der Waals surface area contributed by atoms with Crippen molar-refractivity contribution in [3.05, 3.63) is 0 Å². The first-order valence-corrected chi connectivity index (χ1v) is 15.6. The Morgan fingerprint density at radius 3 is 1.67 bits per heavy atom. The van der Waals surface area contributed by atoms with E-state index in [0.29, 0.717) is 0 Å². The lowest BCUT2D eigenvalue weighted by molar-refractivity contribution is 0.118. The van der Waals surface area contributed by atoms with Gasteiger partial charge in [0.05, 0.1) is 8.07 Å². The van der Waals surface area contributed by atoms with Crippen LogP contribution in [-0.2, 0) is 4.43 Å². The minimum absolute atomic E-state index is 0.195. The third-order valence-corrected chi connectivity index (χ3v) is 14.7. The van der Waals surface area contributed by atoms with Gasteiger partial charge in [-0.2, -0.15) is 0 Å². The second-order valence-corrected chi connectivity index (χ2v) is 17.3. The molecule has 0 spiro atoms. The molecule has 1 nitrogen and oxygen atoms in total. The standard InChI is InChI=1S/C18H42OSi2/c1-10-15-16-20(6,7)18(13-4,14-5)19-21(8,9)17(11-2)12-3/h17H,10-16H2,1-9H3. The smallest absolute Gasteiger partial charge is 0.190 e. The van der Waals surface area contributed by atoms with Crippen LogP contribution in [0.1, 0.15) is 73.1 Å². The van der Waals surface area contributed by atoms with Crippen LogP contribution >= 0.6 is 0 Å². The molecule has 0 saturated carbocycles. The van der Waals surface area contributed by atoms with Crippen molar-refractivity contribution in [2.75, 3.05) is 0 Å². The first kappa shape index (κ1) is 21.4. The lowest BCUT2D eigenvalue weighted by Gasteiger charge is -2.50. The highest BCUT2D eigenvalue weighted by Crippen LogP contribution is 2.42. The molecule has 0 fully saturated rings. The number of hydrogen-bond donors (Lipinski definition) is 0. The van der Waals surface area contributed by atoms with Crippen LogP contribution in [0.5, 0.6) is 0 Å². The highest BCUT2D eigenvalue weighted by molar-refractivity contribution is 6.82. The zero-order valence-electron chi connectivity index (χ0n) is 16.4. The molecule has 0 saturated heterocycles. The van der Waals surface area contributed by atoms with Crippen LogP contribution < -0.4 is 0 Å². The molecular formula is C18H42OSi2. The largest absolute Gasteiger partial charge is 0.414 e. The summed E-state index contributed by atoms with van der Waals surface area (Å²) in [4.78, 5) is 0. The van der Waals surface area contributed by atoms with Crippen molar-refractivity contribution >= 4 is 16.4 Å². The zero-order valence-corrected chi connectivity index (χ0v) is 18.4. The molecule has 128 valence electrons. The molecule has 0 unspecified atom stereocenters. The molecule has 0 aliphatic rings. The highest BCUT2D eigenvalue weighted by Gasteiger charge is 2.48. The fourth-order valence-corrected chi connectivity index (χ4v) is 13.1. The predicted octanol–water partition coefficient (Wildman–Crippen LogP) is 7.00. The Kier molecular flexibility index (Phi) is 9.04. The predicted molar refractivity (Wildman–Crippen MR) is 103 cm³/mol. The lowest BCUT2D eigenvalue weighted by Crippen LogP contribution is -2.60. The van der Waals surface area contributed by atoms with Gasteiger partial charge in [0.2, 0.25) is 0 Å². The molecule has 0 heterocycles. The van der Waals surface area contributed by atoms with Gasteiger partial charge < -0.3 is 4.43 Å². The van der Waals surface area contributed by atoms with E-state index in [1.165, 1.54) is 44.6 Å². The van der Waals surface area contributed by atoms with Crippen LogP contribution in [0, 0.1) is 0 Å². The van der Waals surface area contributed by atoms with Crippen LogP contribution in [-0.4, -0.2) is 21.6 Å². The van der Waals surface area contributed by atoms with E-state index in [9.17, 15) is 0 Å². The summed E-state index contributed by atoms with van der Waals surface area (Å²) in [7, 11) is -3.00. The van der Waals surface area contributed by atoms with Crippen LogP contribution in [0.2, 0.25) is 37.8 Å². The summed E-state index contributed by atoms with van der Waals surface area (Å²) in [6, 6.07) is 1.42. The van der Waals surface area contributed by atoms with Gasteiger partial charge >= 0.3 is 0 Å². The van der Waals surface area contributed by atoms with Gasteiger partial charge in [-0.05, 0) is 31.5 Å². The summed E-state index contributed by atoms with van der Waals surface area (Å²) in [6.45, 7) is 21.8. The maximum atomic E-state index is 7.13. The molecule has 0 aromatic carbocycles. The first-order chi connectivity index (χ1) is 9.66. The zero-order chi connectivity index (χ0) is 16.7. The Morgan fingerprint density at radius 2 is 1.33 bits per heavy atom. The van der Waals surface area contributed by atoms with Crippen molar-refractivity contribution in [3.63, 3.8) is 0 Å². The van der Waals surface area contributed by atoms with Gasteiger partial charge in [0.15, 0.2) is 8.32 Å². The van der Waals surface area contributed by atoms with Crippen LogP contribution in [0.3, 0.4) is 0 Å². The first-order valence-electron chi connectivity index (χ1n) is 9.36. The van der Waals surface area contributed by atoms with Gasteiger partial charge in [0, 0.05) is 5.22 Å². The summed E-state index contributed by atoms with van der Waals surface area (Å²) < 4.78 is 7.13. The van der Waals surface area contributed by atoms with E-state index < -0.39 is 16.4 Å². The van der Waals surface area contributed by atoms with Gasteiger partial charge in [-0.15, -0.1) is 0 Å². The minimum atomic E-state index is -1.62. The van der Waals surface area contributed by atoms with Crippen LogP contribution in [0.25, 0.3) is 0 Å². The van der Waals surface area contributed by atoms with Crippen molar-refractivity contribution < 1.29 is 4.43 Å². The molecule has 0 aliphatic heterocycles. The second kappa shape index (κ2) is 8.88. The topological polar surface area (TPSA) is 9.23 Å². The van der Waals surface area contributed by atoms with Gasteiger partial charge in [-0.1, -0.05) is 79.4 Å². The minimum Gasteiger partial charge on any atom is -0.414 e. The molecule has 0 aliphatic carbocycles. The van der Waals surface area contributed by atoms with Gasteiger partial charge in [0.25, 0.3) is 0 Å². The second-order valence-electron chi connectivity index (χ2n) is 7.91. The van der Waals surface area contributed by atoms with Crippen LogP contribution in [0.15, 0.2) is 0 Å². The van der Waals surface area contributed by atoms with Gasteiger partial charge in [0.1, 0.15) is 0 Å². The molecule has 0 aromatic rings. The molecule has 3 heteroatoms. The summed E-state index contributed by atoms with van der Waals surface area (Å²) in [5, 5.41) is 0.195. The summed E-state index contributed by atoms with van der Waals surface area (Å²) in [5.74, 6) is 0. The monoisotopic (exact) mass is 330 g/mol. The van der Waals surface area contributed by atoms with E-state index in [1.54, 1.807) is 0 Å². The lowest BCUT2D eigenvalue weighted by atomic mass is 10.2. The van der Waals surface area contributed by atoms with Gasteiger partial charge in [-0.3, -0.25) is 0 Å². The maximum Gasteiger partial charge on any atom is 0.190 e. The Labute approximate surface area is 137 Å². The van der Waals surface area contributed by atoms with E-state index in [4.69, 9.17) is 4.43 Å². The average Bonchev–Trinajstić information content (AvgIpc) is 2.43. The molecule has 0 bridgehead atoms. The molecule has 0 radical (unpaired) electrons. The molecule has 21 heavy (non-hydrogen) atoms. The van der Waals surface area contributed by atoms with E-state index in [-0.39, 0.29) is 5.22 Å².